The largest absolute Gasteiger partial charge is 0.465 e. The summed E-state index contributed by atoms with van der Waals surface area (Å²) in [6.07, 6.45) is 1.28. The van der Waals surface area contributed by atoms with Crippen molar-refractivity contribution in [2.24, 2.45) is 5.92 Å². The maximum Gasteiger partial charge on any atom is 0.320 e. The molecule has 0 radical (unpaired) electrons. The van der Waals surface area contributed by atoms with Gasteiger partial charge in [-0.05, 0) is 18.4 Å². The normalized spacial score (nSPS) is 11.7. The van der Waals surface area contributed by atoms with Crippen LogP contribution in [0.5, 0.6) is 0 Å². The second kappa shape index (κ2) is 11.8. The summed E-state index contributed by atoms with van der Waals surface area (Å²) in [5.74, 6) is -3.30. The average Bonchev–Trinajstić information content (AvgIpc) is 2.76. The van der Waals surface area contributed by atoms with E-state index >= 15 is 0 Å². The van der Waals surface area contributed by atoms with Gasteiger partial charge < -0.3 is 9.47 Å². The van der Waals surface area contributed by atoms with E-state index < -0.39 is 23.8 Å². The molecule has 1 atom stereocenters. The minimum Gasteiger partial charge on any atom is -0.465 e. The molecule has 0 aliphatic heterocycles. The van der Waals surface area contributed by atoms with Crippen molar-refractivity contribution in [3.63, 3.8) is 0 Å². The van der Waals surface area contributed by atoms with E-state index in [1.807, 2.05) is 50.2 Å². The van der Waals surface area contributed by atoms with Gasteiger partial charge in [0.1, 0.15) is 0 Å². The quantitative estimate of drug-likeness (QED) is 0.316. The summed E-state index contributed by atoms with van der Waals surface area (Å²) >= 11 is 0. The molecule has 0 N–H and O–H groups in total. The molecule has 5 heteroatoms. The number of ketones is 1. The van der Waals surface area contributed by atoms with Crippen LogP contribution in [0.1, 0.15) is 54.9 Å². The van der Waals surface area contributed by atoms with Crippen LogP contribution < -0.4 is 0 Å². The summed E-state index contributed by atoms with van der Waals surface area (Å²) < 4.78 is 10.6. The third-order valence-electron chi connectivity index (χ3n) is 4.54. The zero-order chi connectivity index (χ0) is 21.1. The Morgan fingerprint density at radius 2 is 1.24 bits per heavy atom. The van der Waals surface area contributed by atoms with E-state index in [-0.39, 0.29) is 25.4 Å². The number of rotatable bonds is 11. The molecule has 0 fully saturated rings. The van der Waals surface area contributed by atoms with E-state index in [4.69, 9.17) is 9.47 Å². The Labute approximate surface area is 172 Å². The monoisotopic (exact) mass is 396 g/mol. The van der Waals surface area contributed by atoms with Crippen LogP contribution in [0.3, 0.4) is 0 Å². The number of benzene rings is 2. The molecule has 0 aliphatic rings. The molecule has 0 aliphatic carbocycles. The van der Waals surface area contributed by atoms with E-state index in [9.17, 15) is 14.4 Å². The third kappa shape index (κ3) is 6.56. The first-order chi connectivity index (χ1) is 14.1. The molecule has 0 amide bonds. The molecule has 0 aromatic heterocycles. The summed E-state index contributed by atoms with van der Waals surface area (Å²) in [6.45, 7) is 4.19. The van der Waals surface area contributed by atoms with Crippen molar-refractivity contribution >= 4 is 17.7 Å². The van der Waals surface area contributed by atoms with Crippen molar-refractivity contribution in [1.82, 2.24) is 0 Å². The Kier molecular flexibility index (Phi) is 9.09. The van der Waals surface area contributed by atoms with Gasteiger partial charge in [0.05, 0.1) is 13.2 Å². The van der Waals surface area contributed by atoms with Crippen LogP contribution >= 0.6 is 0 Å². The molecular formula is C24H28O5. The first-order valence-electron chi connectivity index (χ1n) is 10.0. The fourth-order valence-electron chi connectivity index (χ4n) is 3.08. The van der Waals surface area contributed by atoms with Crippen LogP contribution in [0.25, 0.3) is 0 Å². The second-order valence-corrected chi connectivity index (χ2v) is 6.82. The number of carbonyl (C=O) groups is 3. The molecule has 0 unspecified atom stereocenters. The van der Waals surface area contributed by atoms with Crippen molar-refractivity contribution < 1.29 is 23.9 Å². The second-order valence-electron chi connectivity index (χ2n) is 6.82. The third-order valence-corrected chi connectivity index (χ3v) is 4.54. The highest BCUT2D eigenvalue weighted by Crippen LogP contribution is 2.32. The summed E-state index contributed by atoms with van der Waals surface area (Å²) in [4.78, 5) is 38.5. The van der Waals surface area contributed by atoms with Crippen LogP contribution in [0.2, 0.25) is 0 Å². The Morgan fingerprint density at radius 3 is 1.72 bits per heavy atom. The van der Waals surface area contributed by atoms with Gasteiger partial charge in [0.25, 0.3) is 0 Å². The van der Waals surface area contributed by atoms with Gasteiger partial charge in [-0.15, -0.1) is 0 Å². The highest BCUT2D eigenvalue weighted by molar-refractivity contribution is 6.00. The average molecular weight is 396 g/mol. The minimum atomic E-state index is -1.19. The fraction of sp³-hybridized carbons (Fsp3) is 0.375. The SMILES string of the molecule is CCCOC(=O)C(C(=O)OCCC)[C@H](CC(=O)c1ccccc1)c1ccccc1. The zero-order valence-electron chi connectivity index (χ0n) is 17.0. The molecule has 2 aromatic carbocycles. The van der Waals surface area contributed by atoms with Gasteiger partial charge in [-0.1, -0.05) is 74.5 Å². The molecular weight excluding hydrogens is 368 g/mol. The molecule has 0 heterocycles. The van der Waals surface area contributed by atoms with Crippen molar-refractivity contribution in [2.45, 2.75) is 39.0 Å². The predicted molar refractivity (Wildman–Crippen MR) is 111 cm³/mol. The van der Waals surface area contributed by atoms with Gasteiger partial charge in [-0.2, -0.15) is 0 Å². The molecule has 154 valence electrons. The van der Waals surface area contributed by atoms with Gasteiger partial charge in [-0.25, -0.2) is 0 Å². The lowest BCUT2D eigenvalue weighted by molar-refractivity contribution is -0.163. The maximum absolute atomic E-state index is 12.9. The molecule has 29 heavy (non-hydrogen) atoms. The summed E-state index contributed by atoms with van der Waals surface area (Å²) in [6, 6.07) is 18.0. The number of esters is 2. The van der Waals surface area contributed by atoms with Crippen LogP contribution in [0, 0.1) is 5.92 Å². The standard InChI is InChI=1S/C24H28O5/c1-3-15-28-23(26)22(24(27)29-16-4-2)20(18-11-7-5-8-12-18)17-21(25)19-13-9-6-10-14-19/h5-14,20,22H,3-4,15-17H2,1-2H3/t20-/m1/s1. The van der Waals surface area contributed by atoms with Crippen LogP contribution in [0.15, 0.2) is 60.7 Å². The van der Waals surface area contributed by atoms with E-state index in [2.05, 4.69) is 0 Å². The van der Waals surface area contributed by atoms with Crippen LogP contribution in [-0.2, 0) is 19.1 Å². The number of Topliss-reactive ketones (excluding diaryl/α,β-unsaturated/α-hetero) is 1. The van der Waals surface area contributed by atoms with E-state index in [0.717, 1.165) is 5.56 Å². The van der Waals surface area contributed by atoms with Gasteiger partial charge in [0.15, 0.2) is 11.7 Å². The summed E-state index contributed by atoms with van der Waals surface area (Å²) in [5.41, 5.74) is 1.26. The Bertz CT molecular complexity index is 765. The molecule has 0 saturated heterocycles. The molecule has 0 spiro atoms. The topological polar surface area (TPSA) is 69.7 Å². The highest BCUT2D eigenvalue weighted by Gasteiger charge is 2.39. The van der Waals surface area contributed by atoms with Crippen LogP contribution in [-0.4, -0.2) is 30.9 Å². The molecule has 5 nitrogen and oxygen atoms in total. The molecule has 2 rings (SSSR count). The first kappa shape index (κ1) is 22.3. The van der Waals surface area contributed by atoms with E-state index in [0.29, 0.717) is 18.4 Å². The molecule has 0 saturated carbocycles. The smallest absolute Gasteiger partial charge is 0.320 e. The lowest BCUT2D eigenvalue weighted by Crippen LogP contribution is -2.34. The summed E-state index contributed by atoms with van der Waals surface area (Å²) in [5, 5.41) is 0. The first-order valence-corrected chi connectivity index (χ1v) is 10.0. The Balaban J connectivity index is 2.38. The van der Waals surface area contributed by atoms with Crippen molar-refractivity contribution in [1.29, 1.82) is 0 Å². The molecule has 0 bridgehead atoms. The van der Waals surface area contributed by atoms with E-state index in [1.165, 1.54) is 0 Å². The fourth-order valence-corrected chi connectivity index (χ4v) is 3.08. The van der Waals surface area contributed by atoms with Crippen LogP contribution in [0.4, 0.5) is 0 Å². The van der Waals surface area contributed by atoms with Crippen molar-refractivity contribution in [2.75, 3.05) is 13.2 Å². The summed E-state index contributed by atoms with van der Waals surface area (Å²) in [7, 11) is 0. The van der Waals surface area contributed by atoms with Gasteiger partial charge >= 0.3 is 11.9 Å². The van der Waals surface area contributed by atoms with Crippen molar-refractivity contribution in [3.8, 4) is 0 Å². The van der Waals surface area contributed by atoms with E-state index in [1.54, 1.807) is 24.3 Å². The lowest BCUT2D eigenvalue weighted by atomic mass is 9.81. The van der Waals surface area contributed by atoms with Gasteiger partial charge in [0.2, 0.25) is 0 Å². The lowest BCUT2D eigenvalue weighted by Gasteiger charge is -2.24. The Morgan fingerprint density at radius 1 is 0.759 bits per heavy atom. The highest BCUT2D eigenvalue weighted by atomic mass is 16.6. The van der Waals surface area contributed by atoms with Gasteiger partial charge in [-0.3, -0.25) is 14.4 Å². The Hall–Kier alpha value is -2.95. The molecule has 2 aromatic rings. The number of hydrogen-bond donors (Lipinski definition) is 0. The van der Waals surface area contributed by atoms with Crippen molar-refractivity contribution in [3.05, 3.63) is 71.8 Å². The van der Waals surface area contributed by atoms with Gasteiger partial charge in [0, 0.05) is 17.9 Å². The number of hydrogen-bond acceptors (Lipinski definition) is 5. The predicted octanol–water partition coefficient (Wildman–Crippen LogP) is 4.57. The maximum atomic E-state index is 12.9. The number of ether oxygens (including phenoxy) is 2. The minimum absolute atomic E-state index is 0.00113. The zero-order valence-corrected chi connectivity index (χ0v) is 17.0. The number of carbonyl (C=O) groups excluding carboxylic acids is 3.